The molecule has 0 spiro atoms. The third-order valence-corrected chi connectivity index (χ3v) is 8.78. The van der Waals surface area contributed by atoms with Crippen LogP contribution in [-0.4, -0.2) is 35.9 Å². The van der Waals surface area contributed by atoms with Gasteiger partial charge in [-0.05, 0) is 91.9 Å². The average molecular weight is 584 g/mol. The number of nitrogens with one attached hydrogen (secondary N) is 2. The van der Waals surface area contributed by atoms with Crippen LogP contribution in [0.5, 0.6) is 5.75 Å². The Bertz CT molecular complexity index is 1660. The number of anilines is 3. The zero-order valence-electron chi connectivity index (χ0n) is 21.3. The van der Waals surface area contributed by atoms with Gasteiger partial charge in [-0.3, -0.25) is 13.8 Å². The van der Waals surface area contributed by atoms with E-state index >= 15 is 0 Å². The zero-order chi connectivity index (χ0) is 28.8. The van der Waals surface area contributed by atoms with Crippen molar-refractivity contribution in [3.63, 3.8) is 0 Å². The van der Waals surface area contributed by atoms with E-state index in [-0.39, 0.29) is 21.2 Å². The molecule has 9 nitrogen and oxygen atoms in total. The lowest BCUT2D eigenvalue weighted by atomic mass is 10.3. The van der Waals surface area contributed by atoms with Crippen molar-refractivity contribution in [2.75, 3.05) is 27.5 Å². The Morgan fingerprint density at radius 1 is 0.775 bits per heavy atom. The standard InChI is InChI=1S/C28H26FN3O6S2/c1-2-38-25-14-10-23(11-15-25)31-39(34,35)26-18-12-22(13-19-26)30-28(33)20-32(24-6-4-3-5-7-24)40(36,37)27-16-8-21(29)9-17-27/h3-19,31H,2,20H2,1H3,(H,30,33). The van der Waals surface area contributed by atoms with E-state index in [2.05, 4.69) is 10.0 Å². The molecule has 4 aromatic rings. The van der Waals surface area contributed by atoms with Crippen LogP contribution in [0.25, 0.3) is 0 Å². The summed E-state index contributed by atoms with van der Waals surface area (Å²) in [6.07, 6.45) is 0. The molecule has 0 saturated heterocycles. The summed E-state index contributed by atoms with van der Waals surface area (Å²) < 4.78 is 74.4. The number of ether oxygens (including phenoxy) is 1. The molecule has 0 atom stereocenters. The van der Waals surface area contributed by atoms with Gasteiger partial charge in [0.2, 0.25) is 5.91 Å². The van der Waals surface area contributed by atoms with Gasteiger partial charge in [-0.2, -0.15) is 0 Å². The first-order valence-corrected chi connectivity index (χ1v) is 15.0. The number of benzene rings is 4. The van der Waals surface area contributed by atoms with Crippen molar-refractivity contribution in [2.45, 2.75) is 16.7 Å². The van der Waals surface area contributed by atoms with Gasteiger partial charge in [0.25, 0.3) is 20.0 Å². The van der Waals surface area contributed by atoms with Gasteiger partial charge in [-0.15, -0.1) is 0 Å². The van der Waals surface area contributed by atoms with Gasteiger partial charge in [0.05, 0.1) is 22.1 Å². The second-order valence-electron chi connectivity index (χ2n) is 8.44. The summed E-state index contributed by atoms with van der Waals surface area (Å²) in [6, 6.07) is 24.2. The third-order valence-electron chi connectivity index (χ3n) is 5.60. The maximum absolute atomic E-state index is 13.4. The molecule has 0 heterocycles. The molecule has 208 valence electrons. The molecule has 4 rings (SSSR count). The summed E-state index contributed by atoms with van der Waals surface area (Å²) in [5, 5.41) is 2.59. The van der Waals surface area contributed by atoms with Gasteiger partial charge >= 0.3 is 0 Å². The average Bonchev–Trinajstić information content (AvgIpc) is 2.94. The molecule has 0 bridgehead atoms. The zero-order valence-corrected chi connectivity index (χ0v) is 23.0. The van der Waals surface area contributed by atoms with Gasteiger partial charge in [0.15, 0.2) is 0 Å². The smallest absolute Gasteiger partial charge is 0.264 e. The second kappa shape index (κ2) is 12.2. The number of carbonyl (C=O) groups is 1. The number of sulfonamides is 2. The van der Waals surface area contributed by atoms with Crippen molar-refractivity contribution in [1.82, 2.24) is 0 Å². The van der Waals surface area contributed by atoms with Crippen molar-refractivity contribution in [1.29, 1.82) is 0 Å². The summed E-state index contributed by atoms with van der Waals surface area (Å²) in [5.41, 5.74) is 0.852. The molecule has 0 aliphatic carbocycles. The summed E-state index contributed by atoms with van der Waals surface area (Å²) in [4.78, 5) is 12.7. The molecule has 40 heavy (non-hydrogen) atoms. The van der Waals surface area contributed by atoms with E-state index in [0.29, 0.717) is 18.0 Å². The first-order valence-electron chi connectivity index (χ1n) is 12.1. The van der Waals surface area contributed by atoms with E-state index in [9.17, 15) is 26.0 Å². The van der Waals surface area contributed by atoms with Crippen molar-refractivity contribution >= 4 is 43.0 Å². The van der Waals surface area contributed by atoms with E-state index in [1.807, 2.05) is 6.92 Å². The number of rotatable bonds is 11. The molecular formula is C28H26FN3O6S2. The minimum atomic E-state index is -4.21. The Labute approximate surface area is 232 Å². The fraction of sp³-hybridized carbons (Fsp3) is 0.107. The quantitative estimate of drug-likeness (QED) is 0.260. The summed E-state index contributed by atoms with van der Waals surface area (Å²) in [5.74, 6) is -0.650. The van der Waals surface area contributed by atoms with Crippen molar-refractivity contribution in [2.24, 2.45) is 0 Å². The molecule has 0 aromatic heterocycles. The Morgan fingerprint density at radius 3 is 1.95 bits per heavy atom. The van der Waals surface area contributed by atoms with Crippen molar-refractivity contribution in [3.05, 3.63) is 109 Å². The molecule has 0 fully saturated rings. The van der Waals surface area contributed by atoms with Crippen LogP contribution < -0.4 is 19.1 Å². The van der Waals surface area contributed by atoms with Crippen LogP contribution >= 0.6 is 0 Å². The van der Waals surface area contributed by atoms with Crippen LogP contribution in [0.15, 0.2) is 113 Å². The van der Waals surface area contributed by atoms with E-state index in [0.717, 1.165) is 28.6 Å². The first-order chi connectivity index (χ1) is 19.1. The highest BCUT2D eigenvalue weighted by Crippen LogP contribution is 2.25. The van der Waals surface area contributed by atoms with Gasteiger partial charge in [-0.25, -0.2) is 21.2 Å². The number of amides is 1. The number of para-hydroxylation sites is 1. The number of carbonyl (C=O) groups excluding carboxylic acids is 1. The fourth-order valence-electron chi connectivity index (χ4n) is 3.69. The molecule has 4 aromatic carbocycles. The normalized spacial score (nSPS) is 11.4. The predicted molar refractivity (Wildman–Crippen MR) is 151 cm³/mol. The Kier molecular flexibility index (Phi) is 8.70. The summed E-state index contributed by atoms with van der Waals surface area (Å²) in [6.45, 7) is 1.75. The maximum Gasteiger partial charge on any atom is 0.264 e. The van der Waals surface area contributed by atoms with Crippen molar-refractivity contribution in [3.8, 4) is 5.75 Å². The molecule has 1 amide bonds. The topological polar surface area (TPSA) is 122 Å². The predicted octanol–water partition coefficient (Wildman–Crippen LogP) is 4.86. The van der Waals surface area contributed by atoms with Gasteiger partial charge in [0, 0.05) is 11.4 Å². The van der Waals surface area contributed by atoms with E-state index in [4.69, 9.17) is 4.74 Å². The highest BCUT2D eigenvalue weighted by Gasteiger charge is 2.27. The lowest BCUT2D eigenvalue weighted by Gasteiger charge is -2.24. The number of nitrogens with zero attached hydrogens (tertiary/aromatic N) is 1. The molecule has 0 unspecified atom stereocenters. The molecule has 0 aliphatic rings. The number of hydrogen-bond donors (Lipinski definition) is 2. The number of hydrogen-bond acceptors (Lipinski definition) is 6. The van der Waals surface area contributed by atoms with E-state index < -0.39 is 38.3 Å². The fourth-order valence-corrected chi connectivity index (χ4v) is 6.17. The molecule has 2 N–H and O–H groups in total. The lowest BCUT2D eigenvalue weighted by molar-refractivity contribution is -0.114. The van der Waals surface area contributed by atoms with E-state index in [1.54, 1.807) is 42.5 Å². The third kappa shape index (κ3) is 6.96. The molecule has 12 heteroatoms. The van der Waals surface area contributed by atoms with Crippen LogP contribution in [0.4, 0.5) is 21.5 Å². The first kappa shape index (κ1) is 28.6. The van der Waals surface area contributed by atoms with Crippen LogP contribution in [-0.2, 0) is 24.8 Å². The van der Waals surface area contributed by atoms with Crippen LogP contribution in [0.2, 0.25) is 0 Å². The SMILES string of the molecule is CCOc1ccc(NS(=O)(=O)c2ccc(NC(=O)CN(c3ccccc3)S(=O)(=O)c3ccc(F)cc3)cc2)cc1. The van der Waals surface area contributed by atoms with Crippen LogP contribution in [0.1, 0.15) is 6.92 Å². The highest BCUT2D eigenvalue weighted by molar-refractivity contribution is 7.93. The minimum Gasteiger partial charge on any atom is -0.494 e. The summed E-state index contributed by atoms with van der Waals surface area (Å²) in [7, 11) is -8.12. The monoisotopic (exact) mass is 583 g/mol. The van der Waals surface area contributed by atoms with Gasteiger partial charge < -0.3 is 10.1 Å². The Hall–Kier alpha value is -4.42. The number of halogens is 1. The van der Waals surface area contributed by atoms with Crippen molar-refractivity contribution < 1.29 is 30.8 Å². The highest BCUT2D eigenvalue weighted by atomic mass is 32.2. The summed E-state index contributed by atoms with van der Waals surface area (Å²) >= 11 is 0. The Morgan fingerprint density at radius 2 is 1.35 bits per heavy atom. The molecule has 0 aliphatic heterocycles. The van der Waals surface area contributed by atoms with Gasteiger partial charge in [0.1, 0.15) is 18.1 Å². The van der Waals surface area contributed by atoms with Crippen LogP contribution in [0.3, 0.4) is 0 Å². The second-order valence-corrected chi connectivity index (χ2v) is 12.0. The molecule has 0 saturated carbocycles. The van der Waals surface area contributed by atoms with Gasteiger partial charge in [-0.1, -0.05) is 18.2 Å². The largest absolute Gasteiger partial charge is 0.494 e. The van der Waals surface area contributed by atoms with Crippen LogP contribution in [0, 0.1) is 5.82 Å². The molecule has 0 radical (unpaired) electrons. The molecular weight excluding hydrogens is 557 g/mol. The van der Waals surface area contributed by atoms with E-state index in [1.165, 1.54) is 36.4 Å². The maximum atomic E-state index is 13.4. The minimum absolute atomic E-state index is 0.0378. The lowest BCUT2D eigenvalue weighted by Crippen LogP contribution is -2.38. The Balaban J connectivity index is 1.48.